The second-order valence-electron chi connectivity index (χ2n) is 7.78. The third kappa shape index (κ3) is 4.47. The summed E-state index contributed by atoms with van der Waals surface area (Å²) in [6, 6.07) is 8.25. The molecule has 1 aromatic heterocycles. The quantitative estimate of drug-likeness (QED) is 0.844. The summed E-state index contributed by atoms with van der Waals surface area (Å²) in [6.45, 7) is 8.33. The molecule has 0 unspecified atom stereocenters. The Labute approximate surface area is 149 Å². The molecule has 2 heterocycles. The monoisotopic (exact) mass is 341 g/mol. The van der Waals surface area contributed by atoms with Gasteiger partial charge >= 0.3 is 0 Å². The predicted molar refractivity (Wildman–Crippen MR) is 97.2 cm³/mol. The van der Waals surface area contributed by atoms with E-state index in [4.69, 9.17) is 4.52 Å². The van der Waals surface area contributed by atoms with Crippen LogP contribution in [0.3, 0.4) is 0 Å². The Balaban J connectivity index is 1.59. The van der Waals surface area contributed by atoms with Gasteiger partial charge in [0, 0.05) is 31.5 Å². The lowest BCUT2D eigenvalue weighted by atomic mass is 9.87. The topological polar surface area (TPSA) is 59.2 Å². The zero-order chi connectivity index (χ0) is 17.9. The van der Waals surface area contributed by atoms with Crippen molar-refractivity contribution in [3.05, 3.63) is 35.7 Å². The number of benzene rings is 1. The molecule has 0 saturated carbocycles. The fraction of sp³-hybridized carbons (Fsp3) is 0.550. The van der Waals surface area contributed by atoms with Gasteiger partial charge in [-0.05, 0) is 30.2 Å². The fourth-order valence-corrected chi connectivity index (χ4v) is 3.11. The van der Waals surface area contributed by atoms with Crippen LogP contribution < -0.4 is 0 Å². The van der Waals surface area contributed by atoms with Crippen molar-refractivity contribution in [1.82, 2.24) is 15.0 Å². The number of carbonyl (C=O) groups is 1. The minimum absolute atomic E-state index is 0.121. The van der Waals surface area contributed by atoms with Gasteiger partial charge < -0.3 is 9.42 Å². The average molecular weight is 341 g/mol. The molecule has 5 heteroatoms. The molecule has 0 bridgehead atoms. The van der Waals surface area contributed by atoms with Gasteiger partial charge in [0.05, 0.1) is 0 Å². The third-order valence-electron chi connectivity index (χ3n) is 4.74. The van der Waals surface area contributed by atoms with Crippen molar-refractivity contribution in [3.63, 3.8) is 0 Å². The molecule has 25 heavy (non-hydrogen) atoms. The van der Waals surface area contributed by atoms with E-state index in [0.717, 1.165) is 31.5 Å². The van der Waals surface area contributed by atoms with Gasteiger partial charge in [0.15, 0.2) is 0 Å². The van der Waals surface area contributed by atoms with Crippen molar-refractivity contribution >= 4 is 5.91 Å². The Morgan fingerprint density at radius 1 is 1.12 bits per heavy atom. The highest BCUT2D eigenvalue weighted by atomic mass is 16.5. The third-order valence-corrected chi connectivity index (χ3v) is 4.74. The smallest absolute Gasteiger partial charge is 0.227 e. The molecule has 134 valence electrons. The summed E-state index contributed by atoms with van der Waals surface area (Å²) in [7, 11) is 0. The molecule has 0 aliphatic carbocycles. The maximum absolute atomic E-state index is 12.2. The van der Waals surface area contributed by atoms with Crippen LogP contribution in [0.25, 0.3) is 11.4 Å². The zero-order valence-corrected chi connectivity index (χ0v) is 15.4. The summed E-state index contributed by atoms with van der Waals surface area (Å²) in [6.07, 6.45) is 4.39. The molecule has 1 fully saturated rings. The van der Waals surface area contributed by atoms with Crippen LogP contribution in [0.1, 0.15) is 57.9 Å². The van der Waals surface area contributed by atoms with E-state index >= 15 is 0 Å². The maximum Gasteiger partial charge on any atom is 0.227 e. The Hall–Kier alpha value is -2.17. The molecule has 0 spiro atoms. The number of amides is 1. The van der Waals surface area contributed by atoms with Gasteiger partial charge in [-0.15, -0.1) is 0 Å². The first kappa shape index (κ1) is 17.6. The Bertz CT molecular complexity index is 707. The number of likely N-dealkylation sites (tertiary alicyclic amines) is 1. The van der Waals surface area contributed by atoms with E-state index in [1.165, 1.54) is 12.0 Å². The van der Waals surface area contributed by atoms with Crippen LogP contribution in [0, 0.1) is 0 Å². The SMILES string of the molecule is CC(C)(C)c1ccc(-c2noc(CCC(=O)N3CCCCC3)n2)cc1. The van der Waals surface area contributed by atoms with Crippen molar-refractivity contribution < 1.29 is 9.32 Å². The summed E-state index contributed by atoms with van der Waals surface area (Å²) in [5, 5.41) is 4.06. The Morgan fingerprint density at radius 2 is 1.80 bits per heavy atom. The van der Waals surface area contributed by atoms with Crippen molar-refractivity contribution in [2.75, 3.05) is 13.1 Å². The maximum atomic E-state index is 12.2. The van der Waals surface area contributed by atoms with Gasteiger partial charge in [0.1, 0.15) is 0 Å². The second kappa shape index (κ2) is 7.38. The molecule has 0 atom stereocenters. The van der Waals surface area contributed by atoms with Gasteiger partial charge in [-0.3, -0.25) is 4.79 Å². The number of nitrogens with zero attached hydrogens (tertiary/aromatic N) is 3. The van der Waals surface area contributed by atoms with E-state index in [9.17, 15) is 4.79 Å². The lowest BCUT2D eigenvalue weighted by Crippen LogP contribution is -2.35. The normalized spacial score (nSPS) is 15.4. The van der Waals surface area contributed by atoms with Crippen molar-refractivity contribution in [2.45, 2.75) is 58.3 Å². The summed E-state index contributed by atoms with van der Waals surface area (Å²) in [4.78, 5) is 18.6. The summed E-state index contributed by atoms with van der Waals surface area (Å²) >= 11 is 0. The zero-order valence-electron chi connectivity index (χ0n) is 15.4. The van der Waals surface area contributed by atoms with E-state index in [2.05, 4.69) is 43.0 Å². The molecule has 1 amide bonds. The molecule has 0 radical (unpaired) electrons. The van der Waals surface area contributed by atoms with E-state index in [1.807, 2.05) is 17.0 Å². The molecule has 3 rings (SSSR count). The molecule has 5 nitrogen and oxygen atoms in total. The van der Waals surface area contributed by atoms with Crippen molar-refractivity contribution in [3.8, 4) is 11.4 Å². The highest BCUT2D eigenvalue weighted by molar-refractivity contribution is 5.76. The van der Waals surface area contributed by atoms with E-state index in [1.54, 1.807) is 0 Å². The predicted octanol–water partition coefficient (Wildman–Crippen LogP) is 3.98. The Morgan fingerprint density at radius 3 is 2.44 bits per heavy atom. The minimum atomic E-state index is 0.121. The first-order chi connectivity index (χ1) is 11.9. The largest absolute Gasteiger partial charge is 0.343 e. The number of rotatable bonds is 4. The highest BCUT2D eigenvalue weighted by Crippen LogP contribution is 2.25. The lowest BCUT2D eigenvalue weighted by Gasteiger charge is -2.26. The molecule has 2 aromatic rings. The average Bonchev–Trinajstić information content (AvgIpc) is 3.09. The van der Waals surface area contributed by atoms with Crippen molar-refractivity contribution in [2.24, 2.45) is 0 Å². The molecule has 1 aromatic carbocycles. The number of carbonyl (C=O) groups excluding carboxylic acids is 1. The lowest BCUT2D eigenvalue weighted by molar-refractivity contribution is -0.132. The van der Waals surface area contributed by atoms with Gasteiger partial charge in [-0.1, -0.05) is 50.2 Å². The first-order valence-electron chi connectivity index (χ1n) is 9.15. The number of hydrogen-bond acceptors (Lipinski definition) is 4. The van der Waals surface area contributed by atoms with Crippen molar-refractivity contribution in [1.29, 1.82) is 0 Å². The summed E-state index contributed by atoms with van der Waals surface area (Å²) in [5.41, 5.74) is 2.33. The molecule has 0 N–H and O–H groups in total. The standard InChI is InChI=1S/C20H27N3O2/c1-20(2,3)16-9-7-15(8-10-16)19-21-17(25-22-19)11-12-18(24)23-13-5-4-6-14-23/h7-10H,4-6,11-14H2,1-3H3. The summed E-state index contributed by atoms with van der Waals surface area (Å²) in [5.74, 6) is 1.30. The van der Waals surface area contributed by atoms with Gasteiger partial charge in [-0.25, -0.2) is 0 Å². The van der Waals surface area contributed by atoms with Gasteiger partial charge in [0.25, 0.3) is 0 Å². The van der Waals surface area contributed by atoms with Crippen LogP contribution in [-0.2, 0) is 16.6 Å². The van der Waals surface area contributed by atoms with Crippen LogP contribution in [0.15, 0.2) is 28.8 Å². The van der Waals surface area contributed by atoms with Crippen LogP contribution in [0.2, 0.25) is 0 Å². The molecule has 1 aliphatic heterocycles. The molecular formula is C20H27N3O2. The van der Waals surface area contributed by atoms with E-state index in [-0.39, 0.29) is 11.3 Å². The first-order valence-corrected chi connectivity index (χ1v) is 9.15. The number of hydrogen-bond donors (Lipinski definition) is 0. The fourth-order valence-electron chi connectivity index (χ4n) is 3.11. The Kier molecular flexibility index (Phi) is 5.21. The molecular weight excluding hydrogens is 314 g/mol. The van der Waals surface area contributed by atoms with E-state index in [0.29, 0.717) is 24.6 Å². The van der Waals surface area contributed by atoms with Crippen LogP contribution in [-0.4, -0.2) is 34.0 Å². The highest BCUT2D eigenvalue weighted by Gasteiger charge is 2.18. The number of aromatic nitrogens is 2. The van der Waals surface area contributed by atoms with Gasteiger partial charge in [-0.2, -0.15) is 4.98 Å². The molecule has 1 saturated heterocycles. The van der Waals surface area contributed by atoms with Crippen LogP contribution in [0.5, 0.6) is 0 Å². The molecule has 1 aliphatic rings. The number of piperidine rings is 1. The van der Waals surface area contributed by atoms with Crippen LogP contribution >= 0.6 is 0 Å². The minimum Gasteiger partial charge on any atom is -0.343 e. The summed E-state index contributed by atoms with van der Waals surface area (Å²) < 4.78 is 5.32. The van der Waals surface area contributed by atoms with E-state index < -0.39 is 0 Å². The van der Waals surface area contributed by atoms with Gasteiger partial charge in [0.2, 0.25) is 17.6 Å². The second-order valence-corrected chi connectivity index (χ2v) is 7.78. The number of aryl methyl sites for hydroxylation is 1. The van der Waals surface area contributed by atoms with Crippen LogP contribution in [0.4, 0.5) is 0 Å².